The summed E-state index contributed by atoms with van der Waals surface area (Å²) in [4.78, 5) is 22.5. The van der Waals surface area contributed by atoms with Gasteiger partial charge in [-0.25, -0.2) is 4.68 Å². The Morgan fingerprint density at radius 3 is 2.56 bits per heavy atom. The number of aryl methyl sites for hydroxylation is 1. The Labute approximate surface area is 208 Å². The van der Waals surface area contributed by atoms with Crippen LogP contribution >= 0.6 is 0 Å². The van der Waals surface area contributed by atoms with E-state index in [9.17, 15) is 4.79 Å². The fraction of sp³-hybridized carbons (Fsp3) is 0.185. The minimum atomic E-state index is -0.606. The van der Waals surface area contributed by atoms with Crippen molar-refractivity contribution in [2.75, 3.05) is 24.9 Å². The van der Waals surface area contributed by atoms with Gasteiger partial charge in [-0.3, -0.25) is 9.78 Å². The number of allylic oxidation sites excluding steroid dienone is 1. The second-order valence-electron chi connectivity index (χ2n) is 8.44. The summed E-state index contributed by atoms with van der Waals surface area (Å²) < 4.78 is 12.8. The van der Waals surface area contributed by atoms with Crippen LogP contribution in [-0.2, 0) is 4.79 Å². The lowest BCUT2D eigenvalue weighted by Crippen LogP contribution is -2.31. The molecule has 0 bridgehead atoms. The van der Waals surface area contributed by atoms with Crippen molar-refractivity contribution in [1.82, 2.24) is 19.7 Å². The maximum Gasteiger partial charge on any atom is 0.255 e. The molecule has 182 valence electrons. The number of nitrogens with zero attached hydrogens (tertiary/aromatic N) is 4. The summed E-state index contributed by atoms with van der Waals surface area (Å²) in [5, 5.41) is 11.0. The van der Waals surface area contributed by atoms with Crippen molar-refractivity contribution in [3.63, 3.8) is 0 Å². The molecule has 0 saturated carbocycles. The van der Waals surface area contributed by atoms with Crippen molar-refractivity contribution in [2.24, 2.45) is 0 Å². The molecule has 0 radical (unpaired) electrons. The Kier molecular flexibility index (Phi) is 6.12. The van der Waals surface area contributed by atoms with Gasteiger partial charge in [0.05, 0.1) is 31.7 Å². The molecule has 1 aliphatic heterocycles. The van der Waals surface area contributed by atoms with Crippen LogP contribution in [0.25, 0.3) is 11.4 Å². The lowest BCUT2D eigenvalue weighted by Gasteiger charge is -2.29. The first-order chi connectivity index (χ1) is 17.5. The Balaban J connectivity index is 1.65. The van der Waals surface area contributed by atoms with Crippen molar-refractivity contribution >= 4 is 17.5 Å². The molecule has 9 nitrogen and oxygen atoms in total. The van der Waals surface area contributed by atoms with E-state index in [4.69, 9.17) is 19.6 Å². The van der Waals surface area contributed by atoms with Crippen LogP contribution in [0.1, 0.15) is 24.1 Å². The van der Waals surface area contributed by atoms with Crippen molar-refractivity contribution in [1.29, 1.82) is 0 Å². The molecule has 0 saturated heterocycles. The highest BCUT2D eigenvalue weighted by molar-refractivity contribution is 6.06. The van der Waals surface area contributed by atoms with Crippen LogP contribution in [0.4, 0.5) is 11.6 Å². The van der Waals surface area contributed by atoms with Gasteiger partial charge in [0.25, 0.3) is 5.91 Å². The maximum atomic E-state index is 13.6. The average Bonchev–Trinajstić information content (AvgIpc) is 3.32. The number of ether oxygens (including phenoxy) is 2. The average molecular weight is 483 g/mol. The molecular formula is C27H26N6O3. The summed E-state index contributed by atoms with van der Waals surface area (Å²) in [6.45, 7) is 3.88. The maximum absolute atomic E-state index is 13.6. The van der Waals surface area contributed by atoms with E-state index in [-0.39, 0.29) is 5.91 Å². The van der Waals surface area contributed by atoms with Gasteiger partial charge in [-0.05, 0) is 38.1 Å². The molecule has 2 N–H and O–H groups in total. The van der Waals surface area contributed by atoms with Gasteiger partial charge in [0.15, 0.2) is 5.82 Å². The Bertz CT molecular complexity index is 1440. The molecule has 1 unspecified atom stereocenters. The molecular weight excluding hydrogens is 456 g/mol. The Hall–Kier alpha value is -4.66. The van der Waals surface area contributed by atoms with Crippen molar-refractivity contribution in [3.05, 3.63) is 89.4 Å². The van der Waals surface area contributed by atoms with Gasteiger partial charge in [0.1, 0.15) is 17.5 Å². The number of nitrogens with one attached hydrogen (secondary N) is 2. The monoisotopic (exact) mass is 482 g/mol. The number of carbonyl (C=O) groups excluding carboxylic acids is 1. The molecule has 0 spiro atoms. The number of hydrogen-bond acceptors (Lipinski definition) is 7. The zero-order valence-corrected chi connectivity index (χ0v) is 20.4. The van der Waals surface area contributed by atoms with E-state index >= 15 is 0 Å². The van der Waals surface area contributed by atoms with Crippen molar-refractivity contribution < 1.29 is 14.3 Å². The third-order valence-electron chi connectivity index (χ3n) is 6.06. The smallest absolute Gasteiger partial charge is 0.255 e. The summed E-state index contributed by atoms with van der Waals surface area (Å²) in [6.07, 6.45) is 3.26. The summed E-state index contributed by atoms with van der Waals surface area (Å²) in [7, 11) is 3.18. The van der Waals surface area contributed by atoms with Gasteiger partial charge in [0, 0.05) is 29.1 Å². The van der Waals surface area contributed by atoms with Gasteiger partial charge < -0.3 is 20.1 Å². The van der Waals surface area contributed by atoms with Crippen molar-refractivity contribution in [3.8, 4) is 22.9 Å². The fourth-order valence-corrected chi connectivity index (χ4v) is 4.24. The molecule has 5 rings (SSSR count). The minimum Gasteiger partial charge on any atom is -0.497 e. The molecule has 0 aliphatic carbocycles. The number of benzene rings is 2. The van der Waals surface area contributed by atoms with E-state index in [1.54, 1.807) is 49.5 Å². The van der Waals surface area contributed by atoms with Crippen molar-refractivity contribution in [2.45, 2.75) is 19.9 Å². The highest BCUT2D eigenvalue weighted by Crippen LogP contribution is 2.41. The number of pyridine rings is 1. The molecule has 0 fully saturated rings. The minimum absolute atomic E-state index is 0.283. The Morgan fingerprint density at radius 2 is 1.86 bits per heavy atom. The zero-order chi connectivity index (χ0) is 25.2. The normalized spacial score (nSPS) is 14.6. The molecule has 4 aromatic rings. The third-order valence-corrected chi connectivity index (χ3v) is 6.06. The van der Waals surface area contributed by atoms with Gasteiger partial charge in [0.2, 0.25) is 5.95 Å². The standard InChI is InChI=1S/C27H26N6O3/c1-16-7-9-18(10-8-16)25-31-27-29-17(2)23(26(34)30-19-6-5-13-28-15-19)24(33(27)32-25)21-12-11-20(35-3)14-22(21)36-4/h5-15,24H,1-4H3,(H,30,34)(H,29,31,32). The number of amides is 1. The van der Waals surface area contributed by atoms with E-state index in [0.29, 0.717) is 40.2 Å². The summed E-state index contributed by atoms with van der Waals surface area (Å²) >= 11 is 0. The first kappa shape index (κ1) is 23.1. The number of methoxy groups -OCH3 is 2. The number of aromatic nitrogens is 4. The number of anilines is 2. The number of rotatable bonds is 6. The lowest BCUT2D eigenvalue weighted by molar-refractivity contribution is -0.113. The third kappa shape index (κ3) is 4.26. The van der Waals surface area contributed by atoms with E-state index < -0.39 is 6.04 Å². The molecule has 1 aliphatic rings. The van der Waals surface area contributed by atoms with E-state index in [2.05, 4.69) is 15.6 Å². The van der Waals surface area contributed by atoms with Crippen LogP contribution in [0.5, 0.6) is 11.5 Å². The predicted molar refractivity (Wildman–Crippen MR) is 137 cm³/mol. The molecule has 9 heteroatoms. The SMILES string of the molecule is COc1ccc(C2C(C(=O)Nc3cccnc3)=C(C)Nc3nc(-c4ccc(C)cc4)nn32)c(OC)c1. The van der Waals surface area contributed by atoms with Crippen LogP contribution in [0, 0.1) is 6.92 Å². The summed E-state index contributed by atoms with van der Waals surface area (Å²) in [6, 6.07) is 16.5. The summed E-state index contributed by atoms with van der Waals surface area (Å²) in [5.41, 5.74) is 4.51. The quantitative estimate of drug-likeness (QED) is 0.414. The fourth-order valence-electron chi connectivity index (χ4n) is 4.24. The second-order valence-corrected chi connectivity index (χ2v) is 8.44. The zero-order valence-electron chi connectivity index (χ0n) is 20.4. The van der Waals surface area contributed by atoms with Crippen LogP contribution in [0.15, 0.2) is 78.3 Å². The molecule has 1 atom stereocenters. The molecule has 3 heterocycles. The topological polar surface area (TPSA) is 103 Å². The van der Waals surface area contributed by atoms with Gasteiger partial charge in [-0.2, -0.15) is 4.98 Å². The van der Waals surface area contributed by atoms with E-state index in [0.717, 1.165) is 16.7 Å². The van der Waals surface area contributed by atoms with Gasteiger partial charge in [-0.15, -0.1) is 5.10 Å². The van der Waals surface area contributed by atoms with Gasteiger partial charge in [-0.1, -0.05) is 29.8 Å². The Morgan fingerprint density at radius 1 is 1.06 bits per heavy atom. The lowest BCUT2D eigenvalue weighted by atomic mass is 9.94. The van der Waals surface area contributed by atoms with Crippen LogP contribution < -0.4 is 20.1 Å². The predicted octanol–water partition coefficient (Wildman–Crippen LogP) is 4.59. The second kappa shape index (κ2) is 9.53. The largest absolute Gasteiger partial charge is 0.497 e. The summed E-state index contributed by atoms with van der Waals surface area (Å²) in [5.74, 6) is 2.01. The molecule has 1 amide bonds. The first-order valence-electron chi connectivity index (χ1n) is 11.4. The van der Waals surface area contributed by atoms with E-state index in [1.165, 1.54) is 0 Å². The number of hydrogen-bond donors (Lipinski definition) is 2. The highest BCUT2D eigenvalue weighted by atomic mass is 16.5. The highest BCUT2D eigenvalue weighted by Gasteiger charge is 2.36. The van der Waals surface area contributed by atoms with Crippen LogP contribution in [-0.4, -0.2) is 39.9 Å². The van der Waals surface area contributed by atoms with E-state index in [1.807, 2.05) is 50.2 Å². The first-order valence-corrected chi connectivity index (χ1v) is 11.4. The molecule has 36 heavy (non-hydrogen) atoms. The van der Waals surface area contributed by atoms with Crippen LogP contribution in [0.2, 0.25) is 0 Å². The molecule has 2 aromatic carbocycles. The number of fused-ring (bicyclic) bond motifs is 1. The van der Waals surface area contributed by atoms with Gasteiger partial charge >= 0.3 is 0 Å². The molecule has 2 aromatic heterocycles. The number of carbonyl (C=O) groups is 1. The van der Waals surface area contributed by atoms with Crippen LogP contribution in [0.3, 0.4) is 0 Å².